The molecule has 0 saturated carbocycles. The second-order valence-electron chi connectivity index (χ2n) is 4.60. The maximum absolute atomic E-state index is 8.87. The molecule has 0 atom stereocenters. The Morgan fingerprint density at radius 3 is 2.63 bits per heavy atom. The maximum atomic E-state index is 8.87. The highest BCUT2D eigenvalue weighted by Gasteiger charge is 2.17. The number of ether oxygens (including phenoxy) is 1. The van der Waals surface area contributed by atoms with Crippen molar-refractivity contribution in [1.29, 1.82) is 5.26 Å². The van der Waals surface area contributed by atoms with Crippen molar-refractivity contribution in [2.75, 3.05) is 51.3 Å². The Bertz CT molecular complexity index is 464. The molecule has 1 fully saturated rings. The first-order valence-corrected chi connectivity index (χ1v) is 6.78. The fourth-order valence-electron chi connectivity index (χ4n) is 2.24. The molecule has 2 rings (SSSR count). The summed E-state index contributed by atoms with van der Waals surface area (Å²) < 4.78 is 5.09. The van der Waals surface area contributed by atoms with Gasteiger partial charge in [-0.15, -0.1) is 0 Å². The molecular weight excluding hydrogens is 262 g/mol. The molecule has 0 N–H and O–H groups in total. The van der Waals surface area contributed by atoms with E-state index in [2.05, 4.69) is 15.9 Å². The second-order valence-corrected chi connectivity index (χ2v) is 5.00. The lowest BCUT2D eigenvalue weighted by Gasteiger charge is -2.36. The predicted octanol–water partition coefficient (Wildman–Crippen LogP) is 1.98. The molecule has 0 spiro atoms. The minimum Gasteiger partial charge on any atom is -0.383 e. The van der Waals surface area contributed by atoms with Gasteiger partial charge in [0.25, 0.3) is 0 Å². The molecule has 19 heavy (non-hydrogen) atoms. The van der Waals surface area contributed by atoms with E-state index in [1.807, 2.05) is 12.1 Å². The molecule has 0 bridgehead atoms. The van der Waals surface area contributed by atoms with Crippen LogP contribution in [0.25, 0.3) is 0 Å². The van der Waals surface area contributed by atoms with E-state index in [0.29, 0.717) is 10.6 Å². The number of anilines is 1. The number of rotatable bonds is 4. The van der Waals surface area contributed by atoms with Crippen molar-refractivity contribution in [1.82, 2.24) is 4.90 Å². The third-order valence-electron chi connectivity index (χ3n) is 3.42. The van der Waals surface area contributed by atoms with Crippen molar-refractivity contribution in [3.05, 3.63) is 28.8 Å². The Balaban J connectivity index is 1.94. The summed E-state index contributed by atoms with van der Waals surface area (Å²) in [6, 6.07) is 7.72. The minimum atomic E-state index is 0.529. The molecular formula is C14H18ClN3O. The fourth-order valence-corrected chi connectivity index (χ4v) is 2.46. The molecule has 1 aromatic carbocycles. The van der Waals surface area contributed by atoms with Crippen LogP contribution in [0.3, 0.4) is 0 Å². The molecule has 1 saturated heterocycles. The van der Waals surface area contributed by atoms with Crippen LogP contribution in [0.2, 0.25) is 5.02 Å². The van der Waals surface area contributed by atoms with E-state index in [4.69, 9.17) is 21.6 Å². The van der Waals surface area contributed by atoms with Gasteiger partial charge in [0.2, 0.25) is 0 Å². The molecule has 1 aliphatic rings. The van der Waals surface area contributed by atoms with Crippen LogP contribution >= 0.6 is 11.6 Å². The molecule has 1 heterocycles. The molecule has 102 valence electrons. The lowest BCUT2D eigenvalue weighted by molar-refractivity contribution is 0.144. The normalized spacial score (nSPS) is 16.4. The van der Waals surface area contributed by atoms with Gasteiger partial charge in [0.05, 0.1) is 17.2 Å². The highest BCUT2D eigenvalue weighted by Crippen LogP contribution is 2.24. The average Bonchev–Trinajstić information content (AvgIpc) is 2.45. The molecule has 0 aliphatic carbocycles. The summed E-state index contributed by atoms with van der Waals surface area (Å²) in [5.74, 6) is 0. The topological polar surface area (TPSA) is 39.5 Å². The zero-order valence-corrected chi connectivity index (χ0v) is 11.9. The zero-order chi connectivity index (χ0) is 13.7. The Hall–Kier alpha value is -1.28. The van der Waals surface area contributed by atoms with Gasteiger partial charge in [-0.1, -0.05) is 11.6 Å². The Kier molecular flexibility index (Phi) is 5.03. The minimum absolute atomic E-state index is 0.529. The monoisotopic (exact) mass is 279 g/mol. The van der Waals surface area contributed by atoms with Crippen molar-refractivity contribution in [3.63, 3.8) is 0 Å². The molecule has 1 aromatic rings. The zero-order valence-electron chi connectivity index (χ0n) is 11.1. The summed E-state index contributed by atoms with van der Waals surface area (Å²) in [4.78, 5) is 4.70. The Morgan fingerprint density at radius 1 is 1.32 bits per heavy atom. The third-order valence-corrected chi connectivity index (χ3v) is 3.73. The maximum Gasteiger partial charge on any atom is 0.101 e. The van der Waals surface area contributed by atoms with E-state index in [-0.39, 0.29) is 0 Å². The second kappa shape index (κ2) is 6.76. The molecule has 4 nitrogen and oxygen atoms in total. The summed E-state index contributed by atoms with van der Waals surface area (Å²) in [6.07, 6.45) is 0. The molecule has 0 amide bonds. The average molecular weight is 280 g/mol. The van der Waals surface area contributed by atoms with Crippen LogP contribution in [0.4, 0.5) is 5.69 Å². The number of hydrogen-bond donors (Lipinski definition) is 0. The van der Waals surface area contributed by atoms with E-state index in [1.165, 1.54) is 0 Å². The van der Waals surface area contributed by atoms with Gasteiger partial charge in [-0.25, -0.2) is 0 Å². The lowest BCUT2D eigenvalue weighted by atomic mass is 10.2. The first-order valence-electron chi connectivity index (χ1n) is 6.40. The van der Waals surface area contributed by atoms with Gasteiger partial charge >= 0.3 is 0 Å². The van der Waals surface area contributed by atoms with E-state index in [9.17, 15) is 0 Å². The summed E-state index contributed by atoms with van der Waals surface area (Å²) in [5.41, 5.74) is 1.62. The van der Waals surface area contributed by atoms with Crippen molar-refractivity contribution < 1.29 is 4.74 Å². The van der Waals surface area contributed by atoms with Crippen molar-refractivity contribution in [3.8, 4) is 6.07 Å². The number of piperazine rings is 1. The largest absolute Gasteiger partial charge is 0.383 e. The first-order chi connectivity index (χ1) is 9.24. The van der Waals surface area contributed by atoms with Crippen LogP contribution < -0.4 is 4.90 Å². The number of benzene rings is 1. The van der Waals surface area contributed by atoms with Crippen LogP contribution in [0.15, 0.2) is 18.2 Å². The van der Waals surface area contributed by atoms with E-state index >= 15 is 0 Å². The van der Waals surface area contributed by atoms with Gasteiger partial charge in [-0.05, 0) is 18.2 Å². The molecule has 0 aromatic heterocycles. The summed E-state index contributed by atoms with van der Waals surface area (Å²) in [7, 11) is 1.73. The van der Waals surface area contributed by atoms with Crippen LogP contribution in [0.5, 0.6) is 0 Å². The van der Waals surface area contributed by atoms with Crippen LogP contribution in [-0.4, -0.2) is 51.3 Å². The summed E-state index contributed by atoms with van der Waals surface area (Å²) >= 11 is 6.07. The number of nitrogens with zero attached hydrogens (tertiary/aromatic N) is 3. The summed E-state index contributed by atoms with van der Waals surface area (Å²) in [5, 5.41) is 9.40. The third kappa shape index (κ3) is 3.60. The van der Waals surface area contributed by atoms with Gasteiger partial charge in [0.1, 0.15) is 6.07 Å². The molecule has 0 unspecified atom stereocenters. The quantitative estimate of drug-likeness (QED) is 0.845. The standard InChI is InChI=1S/C14H18ClN3O/c1-19-9-8-17-4-6-18(7-5-17)13-3-2-12(11-16)14(15)10-13/h2-3,10H,4-9H2,1H3. The van der Waals surface area contributed by atoms with E-state index in [0.717, 1.165) is 45.0 Å². The van der Waals surface area contributed by atoms with Gasteiger partial charge in [0, 0.05) is 45.5 Å². The first kappa shape index (κ1) is 14.1. The van der Waals surface area contributed by atoms with Gasteiger partial charge < -0.3 is 9.64 Å². The van der Waals surface area contributed by atoms with Gasteiger partial charge in [-0.2, -0.15) is 5.26 Å². The van der Waals surface area contributed by atoms with Crippen molar-refractivity contribution in [2.45, 2.75) is 0 Å². The van der Waals surface area contributed by atoms with Crippen LogP contribution in [0.1, 0.15) is 5.56 Å². The van der Waals surface area contributed by atoms with Gasteiger partial charge in [0.15, 0.2) is 0 Å². The Morgan fingerprint density at radius 2 is 2.05 bits per heavy atom. The van der Waals surface area contributed by atoms with Gasteiger partial charge in [-0.3, -0.25) is 4.90 Å². The number of halogens is 1. The van der Waals surface area contributed by atoms with E-state index < -0.39 is 0 Å². The van der Waals surface area contributed by atoms with Crippen LogP contribution in [-0.2, 0) is 4.74 Å². The van der Waals surface area contributed by atoms with E-state index in [1.54, 1.807) is 13.2 Å². The molecule has 5 heteroatoms. The SMILES string of the molecule is COCCN1CCN(c2ccc(C#N)c(Cl)c2)CC1. The lowest BCUT2D eigenvalue weighted by Crippen LogP contribution is -2.47. The van der Waals surface area contributed by atoms with Crippen molar-refractivity contribution in [2.24, 2.45) is 0 Å². The number of nitriles is 1. The fraction of sp³-hybridized carbons (Fsp3) is 0.500. The molecule has 0 radical (unpaired) electrons. The Labute approximate surface area is 119 Å². The van der Waals surface area contributed by atoms with Crippen LogP contribution in [0, 0.1) is 11.3 Å². The predicted molar refractivity (Wildman–Crippen MR) is 76.7 cm³/mol. The highest BCUT2D eigenvalue weighted by molar-refractivity contribution is 6.32. The smallest absolute Gasteiger partial charge is 0.101 e. The van der Waals surface area contributed by atoms with Crippen molar-refractivity contribution >= 4 is 17.3 Å². The highest BCUT2D eigenvalue weighted by atomic mass is 35.5. The number of hydrogen-bond acceptors (Lipinski definition) is 4. The molecule has 1 aliphatic heterocycles. The summed E-state index contributed by atoms with van der Waals surface area (Å²) in [6.45, 7) is 5.78. The number of methoxy groups -OCH3 is 1.